The van der Waals surface area contributed by atoms with Gasteiger partial charge in [0.25, 0.3) is 5.90 Å². The zero-order chi connectivity index (χ0) is 15.5. The second kappa shape index (κ2) is 6.13. The van der Waals surface area contributed by atoms with Gasteiger partial charge in [-0.1, -0.05) is 6.07 Å². The zero-order valence-corrected chi connectivity index (χ0v) is 12.9. The lowest BCUT2D eigenvalue weighted by atomic mass is 10.3. The molecule has 0 bridgehead atoms. The monoisotopic (exact) mass is 324 g/mol. The Morgan fingerprint density at radius 1 is 1.00 bits per heavy atom. The molecule has 0 unspecified atom stereocenters. The number of nitrogens with zero attached hydrogens (tertiary/aromatic N) is 4. The predicted octanol–water partition coefficient (Wildman–Crippen LogP) is 2.98. The first-order valence-electron chi connectivity index (χ1n) is 7.07. The van der Waals surface area contributed by atoms with Gasteiger partial charge in [-0.05, 0) is 29.4 Å². The average Bonchev–Trinajstić information content (AvgIpc) is 3.14. The molecule has 0 radical (unpaired) electrons. The number of rotatable bonds is 3. The zero-order valence-electron chi connectivity index (χ0n) is 12.0. The van der Waals surface area contributed by atoms with Crippen LogP contribution in [0, 0.1) is 0 Å². The van der Waals surface area contributed by atoms with Crippen LogP contribution in [0.25, 0.3) is 21.1 Å². The van der Waals surface area contributed by atoms with E-state index in [0.29, 0.717) is 24.8 Å². The van der Waals surface area contributed by atoms with E-state index in [1.807, 2.05) is 36.5 Å². The lowest BCUT2D eigenvalue weighted by molar-refractivity contribution is 0.0652. The molecule has 4 heterocycles. The molecule has 0 N–H and O–H groups in total. The summed E-state index contributed by atoms with van der Waals surface area (Å²) >= 11 is 1.57. The molecule has 0 amide bonds. The van der Waals surface area contributed by atoms with Crippen molar-refractivity contribution in [2.75, 3.05) is 13.2 Å². The minimum Gasteiger partial charge on any atom is -0.470 e. The Hall–Kier alpha value is -2.80. The number of ether oxygens (including phenoxy) is 1. The van der Waals surface area contributed by atoms with Crippen molar-refractivity contribution in [3.63, 3.8) is 0 Å². The van der Waals surface area contributed by atoms with Gasteiger partial charge in [0.05, 0.1) is 10.6 Å². The maximum atomic E-state index is 5.47. The van der Waals surface area contributed by atoms with E-state index in [9.17, 15) is 0 Å². The fraction of sp³-hybridized carbons (Fsp3) is 0.125. The van der Waals surface area contributed by atoms with Crippen LogP contribution in [0.2, 0.25) is 0 Å². The van der Waals surface area contributed by atoms with Crippen LogP contribution in [0.3, 0.4) is 0 Å². The molecule has 23 heavy (non-hydrogen) atoms. The standard InChI is InChI=1S/C16H12N4O2S/c1-4-12(19-13(5-1)15-20-22-8-7-21-15)14-10-18-16(23-14)11-3-2-6-17-9-11/h1-6,9-10H,7-8H2. The summed E-state index contributed by atoms with van der Waals surface area (Å²) in [7, 11) is 0. The fourth-order valence-corrected chi connectivity index (χ4v) is 3.01. The molecule has 0 saturated heterocycles. The van der Waals surface area contributed by atoms with Gasteiger partial charge in [-0.25, -0.2) is 9.97 Å². The normalized spacial score (nSPS) is 13.8. The third-order valence-corrected chi connectivity index (χ3v) is 4.26. The Morgan fingerprint density at radius 2 is 1.96 bits per heavy atom. The smallest absolute Gasteiger partial charge is 0.276 e. The van der Waals surface area contributed by atoms with Crippen LogP contribution in [0.4, 0.5) is 0 Å². The van der Waals surface area contributed by atoms with E-state index in [1.54, 1.807) is 23.7 Å². The van der Waals surface area contributed by atoms with Crippen LogP contribution in [0.1, 0.15) is 5.69 Å². The van der Waals surface area contributed by atoms with Crippen LogP contribution >= 0.6 is 11.3 Å². The molecule has 0 fully saturated rings. The van der Waals surface area contributed by atoms with Crippen molar-refractivity contribution in [2.24, 2.45) is 5.16 Å². The molecule has 114 valence electrons. The minimum absolute atomic E-state index is 0.412. The predicted molar refractivity (Wildman–Crippen MR) is 87.0 cm³/mol. The first-order valence-corrected chi connectivity index (χ1v) is 7.88. The van der Waals surface area contributed by atoms with Crippen molar-refractivity contribution in [3.05, 3.63) is 54.6 Å². The lowest BCUT2D eigenvalue weighted by Gasteiger charge is -2.12. The van der Waals surface area contributed by atoms with Crippen LogP contribution in [-0.4, -0.2) is 34.1 Å². The van der Waals surface area contributed by atoms with Gasteiger partial charge in [0.15, 0.2) is 6.61 Å². The van der Waals surface area contributed by atoms with Gasteiger partial charge in [0, 0.05) is 24.2 Å². The van der Waals surface area contributed by atoms with Gasteiger partial charge in [-0.3, -0.25) is 4.98 Å². The Bertz CT molecular complexity index is 848. The molecule has 0 saturated carbocycles. The van der Waals surface area contributed by atoms with Gasteiger partial charge in [0.2, 0.25) is 0 Å². The SMILES string of the molecule is c1cncc(-c2ncc(-c3cccc(C4=NOCCO4)n3)s2)c1. The Balaban J connectivity index is 1.66. The number of hydrogen-bond donors (Lipinski definition) is 0. The quantitative estimate of drug-likeness (QED) is 0.741. The highest BCUT2D eigenvalue weighted by molar-refractivity contribution is 7.18. The topological polar surface area (TPSA) is 69.5 Å². The minimum atomic E-state index is 0.412. The maximum absolute atomic E-state index is 5.47. The van der Waals surface area contributed by atoms with Crippen molar-refractivity contribution in [1.29, 1.82) is 0 Å². The maximum Gasteiger partial charge on any atom is 0.276 e. The van der Waals surface area contributed by atoms with Gasteiger partial charge < -0.3 is 9.57 Å². The summed E-state index contributed by atoms with van der Waals surface area (Å²) in [4.78, 5) is 19.2. The molecule has 1 aliphatic heterocycles. The summed E-state index contributed by atoms with van der Waals surface area (Å²) in [6.07, 6.45) is 5.36. The Morgan fingerprint density at radius 3 is 2.78 bits per heavy atom. The van der Waals surface area contributed by atoms with Crippen LogP contribution in [-0.2, 0) is 9.57 Å². The van der Waals surface area contributed by atoms with E-state index >= 15 is 0 Å². The highest BCUT2D eigenvalue weighted by Crippen LogP contribution is 2.30. The van der Waals surface area contributed by atoms with Crippen molar-refractivity contribution in [2.45, 2.75) is 0 Å². The lowest BCUT2D eigenvalue weighted by Crippen LogP contribution is -2.18. The van der Waals surface area contributed by atoms with E-state index in [1.165, 1.54) is 0 Å². The van der Waals surface area contributed by atoms with Gasteiger partial charge >= 0.3 is 0 Å². The highest BCUT2D eigenvalue weighted by atomic mass is 32.1. The van der Waals surface area contributed by atoms with E-state index < -0.39 is 0 Å². The summed E-state index contributed by atoms with van der Waals surface area (Å²) in [6.45, 7) is 0.947. The molecule has 3 aromatic heterocycles. The largest absolute Gasteiger partial charge is 0.470 e. The number of hydrogen-bond acceptors (Lipinski definition) is 7. The van der Waals surface area contributed by atoms with Crippen molar-refractivity contribution in [1.82, 2.24) is 15.0 Å². The molecule has 6 nitrogen and oxygen atoms in total. The molecule has 0 aliphatic carbocycles. The van der Waals surface area contributed by atoms with Gasteiger partial charge in [-0.15, -0.1) is 11.3 Å². The van der Waals surface area contributed by atoms with E-state index in [2.05, 4.69) is 20.1 Å². The summed E-state index contributed by atoms with van der Waals surface area (Å²) in [5, 5.41) is 4.81. The van der Waals surface area contributed by atoms with Crippen molar-refractivity contribution in [3.8, 4) is 21.1 Å². The second-order valence-corrected chi connectivity index (χ2v) is 5.79. The molecule has 7 heteroatoms. The number of thiazole rings is 1. The van der Waals surface area contributed by atoms with E-state index in [0.717, 1.165) is 21.1 Å². The number of aromatic nitrogens is 3. The molecular weight excluding hydrogens is 312 g/mol. The molecule has 0 atom stereocenters. The molecule has 4 rings (SSSR count). The van der Waals surface area contributed by atoms with Crippen LogP contribution in [0.5, 0.6) is 0 Å². The first kappa shape index (κ1) is 13.8. The summed E-state index contributed by atoms with van der Waals surface area (Å²) in [5.41, 5.74) is 2.47. The summed E-state index contributed by atoms with van der Waals surface area (Å²) in [5.74, 6) is 0.412. The molecule has 3 aromatic rings. The Labute approximate surface area is 136 Å². The van der Waals surface area contributed by atoms with E-state index in [-0.39, 0.29) is 0 Å². The van der Waals surface area contributed by atoms with Crippen molar-refractivity contribution >= 4 is 17.2 Å². The van der Waals surface area contributed by atoms with Crippen molar-refractivity contribution < 1.29 is 9.57 Å². The number of pyridine rings is 2. The molecule has 1 aliphatic rings. The molecular formula is C16H12N4O2S. The highest BCUT2D eigenvalue weighted by Gasteiger charge is 2.14. The third kappa shape index (κ3) is 2.91. The van der Waals surface area contributed by atoms with Crippen LogP contribution < -0.4 is 0 Å². The Kier molecular flexibility index (Phi) is 3.69. The summed E-state index contributed by atoms with van der Waals surface area (Å²) < 4.78 is 5.47. The van der Waals surface area contributed by atoms with Gasteiger partial charge in [-0.2, -0.15) is 0 Å². The molecule has 0 aromatic carbocycles. The van der Waals surface area contributed by atoms with E-state index in [4.69, 9.17) is 9.57 Å². The average molecular weight is 324 g/mol. The third-order valence-electron chi connectivity index (χ3n) is 3.20. The number of oxime groups is 1. The summed E-state index contributed by atoms with van der Waals surface area (Å²) in [6, 6.07) is 9.59. The van der Waals surface area contributed by atoms with Crippen LogP contribution in [0.15, 0.2) is 54.1 Å². The molecule has 0 spiro atoms. The van der Waals surface area contributed by atoms with Gasteiger partial charge in [0.1, 0.15) is 17.3 Å². The fourth-order valence-electron chi connectivity index (χ4n) is 2.13. The second-order valence-electron chi connectivity index (χ2n) is 4.76. The first-order chi connectivity index (χ1) is 11.4.